The highest BCUT2D eigenvalue weighted by Gasteiger charge is 2.11. The van der Waals surface area contributed by atoms with Gasteiger partial charge >= 0.3 is 0 Å². The van der Waals surface area contributed by atoms with Gasteiger partial charge in [0.15, 0.2) is 0 Å². The number of amides is 1. The summed E-state index contributed by atoms with van der Waals surface area (Å²) in [6.45, 7) is 3.56. The fourth-order valence-electron chi connectivity index (χ4n) is 1.14. The average Bonchev–Trinajstić information content (AvgIpc) is 2.27. The Hall–Kier alpha value is -2.02. The van der Waals surface area contributed by atoms with Gasteiger partial charge in [0, 0.05) is 17.7 Å². The van der Waals surface area contributed by atoms with Crippen molar-refractivity contribution < 1.29 is 14.5 Å². The molecule has 0 aromatic heterocycles. The Morgan fingerprint density at radius 2 is 1.94 bits per heavy atom. The zero-order chi connectivity index (χ0) is 13.7. The molecule has 0 heterocycles. The van der Waals surface area contributed by atoms with E-state index >= 15 is 0 Å². The highest BCUT2D eigenvalue weighted by Crippen LogP contribution is 2.11. The molecule has 1 N–H and O–H groups in total. The highest BCUT2D eigenvalue weighted by atomic mass is 32.1. The molecule has 0 unspecified atom stereocenters. The van der Waals surface area contributed by atoms with Crippen LogP contribution < -0.4 is 5.32 Å². The van der Waals surface area contributed by atoms with E-state index < -0.39 is 10.8 Å². The molecule has 0 saturated heterocycles. The highest BCUT2D eigenvalue weighted by molar-refractivity contribution is 7.80. The van der Waals surface area contributed by atoms with Crippen LogP contribution in [0.15, 0.2) is 24.3 Å². The predicted molar refractivity (Wildman–Crippen MR) is 69.4 cm³/mol. The maximum Gasteiger partial charge on any atom is 0.269 e. The molecule has 7 heteroatoms. The third-order valence-corrected chi connectivity index (χ3v) is 2.10. The average molecular weight is 268 g/mol. The maximum atomic E-state index is 11.7. The summed E-state index contributed by atoms with van der Waals surface area (Å²) in [5.74, 6) is -0.462. The number of non-ortho nitro benzene ring substituents is 1. The lowest BCUT2D eigenvalue weighted by Crippen LogP contribution is -2.32. The molecule has 1 aromatic carbocycles. The minimum Gasteiger partial charge on any atom is -0.468 e. The van der Waals surface area contributed by atoms with E-state index in [1.54, 1.807) is 13.8 Å². The van der Waals surface area contributed by atoms with Crippen molar-refractivity contribution in [2.45, 2.75) is 20.0 Å². The van der Waals surface area contributed by atoms with Crippen molar-refractivity contribution in [2.24, 2.45) is 0 Å². The first-order valence-corrected chi connectivity index (χ1v) is 5.57. The lowest BCUT2D eigenvalue weighted by atomic mass is 10.2. The van der Waals surface area contributed by atoms with Gasteiger partial charge < -0.3 is 4.74 Å². The van der Waals surface area contributed by atoms with Gasteiger partial charge in [0.25, 0.3) is 16.8 Å². The molecule has 0 atom stereocenters. The van der Waals surface area contributed by atoms with E-state index in [1.165, 1.54) is 24.3 Å². The van der Waals surface area contributed by atoms with Crippen LogP contribution >= 0.6 is 12.2 Å². The lowest BCUT2D eigenvalue weighted by molar-refractivity contribution is -0.384. The molecular weight excluding hydrogens is 256 g/mol. The number of thiocarbonyl (C=S) groups is 1. The van der Waals surface area contributed by atoms with Gasteiger partial charge in [-0.2, -0.15) is 0 Å². The first kappa shape index (κ1) is 14.0. The summed E-state index contributed by atoms with van der Waals surface area (Å²) in [6, 6.07) is 5.21. The zero-order valence-electron chi connectivity index (χ0n) is 9.88. The van der Waals surface area contributed by atoms with Gasteiger partial charge in [-0.1, -0.05) is 0 Å². The van der Waals surface area contributed by atoms with Gasteiger partial charge in [-0.15, -0.1) is 0 Å². The summed E-state index contributed by atoms with van der Waals surface area (Å²) in [6.07, 6.45) is -0.130. The van der Waals surface area contributed by atoms with Gasteiger partial charge in [0.1, 0.15) is 0 Å². The Bertz CT molecular complexity index is 470. The zero-order valence-corrected chi connectivity index (χ0v) is 10.7. The second-order valence-corrected chi connectivity index (χ2v) is 4.08. The first-order valence-electron chi connectivity index (χ1n) is 5.16. The third kappa shape index (κ3) is 4.10. The van der Waals surface area contributed by atoms with Gasteiger partial charge in [-0.3, -0.25) is 20.2 Å². The molecule has 1 aromatic rings. The monoisotopic (exact) mass is 268 g/mol. The molecule has 0 aliphatic heterocycles. The van der Waals surface area contributed by atoms with E-state index in [9.17, 15) is 14.9 Å². The fourth-order valence-corrected chi connectivity index (χ4v) is 1.43. The van der Waals surface area contributed by atoms with Gasteiger partial charge in [-0.25, -0.2) is 0 Å². The largest absolute Gasteiger partial charge is 0.468 e. The second-order valence-electron chi connectivity index (χ2n) is 3.71. The first-order chi connectivity index (χ1) is 8.40. The van der Waals surface area contributed by atoms with Crippen LogP contribution in [0.4, 0.5) is 5.69 Å². The predicted octanol–water partition coefficient (Wildman–Crippen LogP) is 2.03. The summed E-state index contributed by atoms with van der Waals surface area (Å²) < 4.78 is 5.10. The smallest absolute Gasteiger partial charge is 0.269 e. The van der Waals surface area contributed by atoms with Gasteiger partial charge in [0.05, 0.1) is 11.0 Å². The normalized spacial score (nSPS) is 9.94. The molecule has 0 saturated carbocycles. The number of rotatable bonds is 3. The summed E-state index contributed by atoms with van der Waals surface area (Å²) in [4.78, 5) is 21.6. The lowest BCUT2D eigenvalue weighted by Gasteiger charge is -2.11. The number of nitrogens with one attached hydrogen (secondary N) is 1. The van der Waals surface area contributed by atoms with Crippen molar-refractivity contribution in [3.63, 3.8) is 0 Å². The number of nitrogens with zero attached hydrogens (tertiary/aromatic N) is 1. The van der Waals surface area contributed by atoms with E-state index in [1.807, 2.05) is 0 Å². The number of carbonyl (C=O) groups is 1. The van der Waals surface area contributed by atoms with Gasteiger partial charge in [-0.05, 0) is 38.2 Å². The number of carbonyl (C=O) groups excluding carboxylic acids is 1. The van der Waals surface area contributed by atoms with E-state index in [2.05, 4.69) is 5.32 Å². The number of hydrogen-bond donors (Lipinski definition) is 1. The second kappa shape index (κ2) is 6.06. The Labute approximate surface area is 109 Å². The molecule has 0 aliphatic rings. The number of ether oxygens (including phenoxy) is 1. The topological polar surface area (TPSA) is 81.5 Å². The molecule has 1 amide bonds. The molecule has 0 spiro atoms. The van der Waals surface area contributed by atoms with Crippen molar-refractivity contribution in [3.8, 4) is 0 Å². The molecule has 0 radical (unpaired) electrons. The van der Waals surface area contributed by atoms with E-state index in [0.29, 0.717) is 0 Å². The Kier molecular flexibility index (Phi) is 4.73. The molecule has 18 heavy (non-hydrogen) atoms. The standard InChI is InChI=1S/C11H12N2O4S/c1-7(2)17-11(18)12-10(14)8-3-5-9(6-4-8)13(15)16/h3-7H,1-2H3,(H,12,14,18). The molecule has 1 rings (SSSR count). The summed E-state index contributed by atoms with van der Waals surface area (Å²) in [5.41, 5.74) is 0.197. The van der Waals surface area contributed by atoms with Crippen LogP contribution in [-0.4, -0.2) is 22.1 Å². The molecule has 0 fully saturated rings. The van der Waals surface area contributed by atoms with Crippen molar-refractivity contribution in [1.29, 1.82) is 0 Å². The minimum atomic E-state index is -0.534. The quantitative estimate of drug-likeness (QED) is 0.515. The number of hydrogen-bond acceptors (Lipinski definition) is 5. The van der Waals surface area contributed by atoms with Crippen LogP contribution in [0.25, 0.3) is 0 Å². The van der Waals surface area contributed by atoms with Crippen LogP contribution in [0.3, 0.4) is 0 Å². The van der Waals surface area contributed by atoms with Crippen molar-refractivity contribution in [3.05, 3.63) is 39.9 Å². The Morgan fingerprint density at radius 3 is 2.39 bits per heavy atom. The van der Waals surface area contributed by atoms with Gasteiger partial charge in [0.2, 0.25) is 0 Å². The van der Waals surface area contributed by atoms with Crippen LogP contribution in [0, 0.1) is 10.1 Å². The van der Waals surface area contributed by atoms with E-state index in [4.69, 9.17) is 17.0 Å². The molecule has 0 aliphatic carbocycles. The van der Waals surface area contributed by atoms with Crippen molar-refractivity contribution >= 4 is 29.0 Å². The molecule has 6 nitrogen and oxygen atoms in total. The number of nitro groups is 1. The number of benzene rings is 1. The van der Waals surface area contributed by atoms with E-state index in [0.717, 1.165) is 0 Å². The fraction of sp³-hybridized carbons (Fsp3) is 0.273. The van der Waals surface area contributed by atoms with Crippen LogP contribution in [-0.2, 0) is 4.74 Å². The molecule has 0 bridgehead atoms. The summed E-state index contributed by atoms with van der Waals surface area (Å²) in [5, 5.41) is 12.8. The van der Waals surface area contributed by atoms with Crippen molar-refractivity contribution in [1.82, 2.24) is 5.32 Å². The summed E-state index contributed by atoms with van der Waals surface area (Å²) >= 11 is 4.81. The Balaban J connectivity index is 2.67. The SMILES string of the molecule is CC(C)OC(=S)NC(=O)c1ccc([N+](=O)[O-])cc1. The maximum absolute atomic E-state index is 11.7. The third-order valence-electron chi connectivity index (χ3n) is 1.90. The molecule has 96 valence electrons. The van der Waals surface area contributed by atoms with E-state index in [-0.39, 0.29) is 22.5 Å². The Morgan fingerprint density at radius 1 is 1.39 bits per heavy atom. The van der Waals surface area contributed by atoms with Crippen LogP contribution in [0.2, 0.25) is 0 Å². The number of nitro benzene ring substituents is 1. The molecular formula is C11H12N2O4S. The summed E-state index contributed by atoms with van der Waals surface area (Å²) in [7, 11) is 0. The minimum absolute atomic E-state index is 0.0200. The van der Waals surface area contributed by atoms with Crippen LogP contribution in [0.5, 0.6) is 0 Å². The van der Waals surface area contributed by atoms with Crippen LogP contribution in [0.1, 0.15) is 24.2 Å². The van der Waals surface area contributed by atoms with Crippen molar-refractivity contribution in [2.75, 3.05) is 0 Å².